The van der Waals surface area contributed by atoms with Gasteiger partial charge >= 0.3 is 12.4 Å². The average Bonchev–Trinajstić information content (AvgIpc) is 3.62. The third kappa shape index (κ3) is 4.41. The van der Waals surface area contributed by atoms with Crippen molar-refractivity contribution in [2.24, 2.45) is 0 Å². The first-order valence-electron chi connectivity index (χ1n) is 12.6. The van der Waals surface area contributed by atoms with E-state index < -0.39 is 35.1 Å². The lowest BCUT2D eigenvalue weighted by molar-refractivity contribution is -0.200. The fourth-order valence-electron chi connectivity index (χ4n) is 5.91. The molecule has 0 atom stereocenters. The number of anilines is 1. The Morgan fingerprint density at radius 1 is 0.875 bits per heavy atom. The van der Waals surface area contributed by atoms with Crippen molar-refractivity contribution >= 4 is 17.3 Å². The van der Waals surface area contributed by atoms with E-state index in [1.165, 1.54) is 9.80 Å². The van der Waals surface area contributed by atoms with Gasteiger partial charge in [-0.15, -0.1) is 10.2 Å². The molecule has 2 aromatic carbocycles. The molecule has 6 rings (SSSR count). The van der Waals surface area contributed by atoms with Gasteiger partial charge in [0, 0.05) is 30.6 Å². The molecule has 1 saturated heterocycles. The van der Waals surface area contributed by atoms with Crippen LogP contribution in [0.3, 0.4) is 0 Å². The fraction of sp³-hybridized carbons (Fsp3) is 0.462. The van der Waals surface area contributed by atoms with Crippen LogP contribution in [0.2, 0.25) is 5.02 Å². The Balaban J connectivity index is 1.30. The molecular formula is C26H22ClF8N5. The molecule has 214 valence electrons. The molecule has 2 aliphatic heterocycles. The SMILES string of the molecule is Fc1ccc(N2CCC(c3nnc4n3-c3ccc(Cl)cc3CN(C3(C(F)(F)F)CC3)C4)CC2)c(F)c1C(F)(F)F. The smallest absolute Gasteiger partial charge is 0.369 e. The lowest BCUT2D eigenvalue weighted by Gasteiger charge is -2.34. The summed E-state index contributed by atoms with van der Waals surface area (Å²) in [6.07, 6.45) is -8.91. The average molecular weight is 592 g/mol. The predicted octanol–water partition coefficient (Wildman–Crippen LogP) is 7.01. The number of hydrogen-bond acceptors (Lipinski definition) is 4. The number of aromatic nitrogens is 3. The normalized spacial score (nSPS) is 19.8. The number of benzene rings is 2. The van der Waals surface area contributed by atoms with Crippen LogP contribution in [0.25, 0.3) is 5.69 Å². The van der Waals surface area contributed by atoms with Crippen LogP contribution in [0, 0.1) is 11.6 Å². The van der Waals surface area contributed by atoms with E-state index in [2.05, 4.69) is 10.2 Å². The van der Waals surface area contributed by atoms with Crippen LogP contribution in [0.1, 0.15) is 54.4 Å². The van der Waals surface area contributed by atoms with Gasteiger partial charge in [0.25, 0.3) is 0 Å². The molecular weight excluding hydrogens is 570 g/mol. The van der Waals surface area contributed by atoms with E-state index in [0.717, 1.165) is 6.07 Å². The molecule has 0 unspecified atom stereocenters. The van der Waals surface area contributed by atoms with E-state index >= 15 is 0 Å². The Morgan fingerprint density at radius 2 is 1.55 bits per heavy atom. The van der Waals surface area contributed by atoms with Gasteiger partial charge in [-0.3, -0.25) is 9.47 Å². The van der Waals surface area contributed by atoms with Crippen LogP contribution in [-0.2, 0) is 19.3 Å². The first kappa shape index (κ1) is 27.3. The van der Waals surface area contributed by atoms with Crippen LogP contribution in [-0.4, -0.2) is 44.5 Å². The Bertz CT molecular complexity index is 1450. The van der Waals surface area contributed by atoms with Crippen molar-refractivity contribution in [3.8, 4) is 5.69 Å². The molecule has 14 heteroatoms. The minimum absolute atomic E-state index is 0.0121. The molecule has 1 aromatic heterocycles. The van der Waals surface area contributed by atoms with Gasteiger partial charge in [-0.1, -0.05) is 11.6 Å². The van der Waals surface area contributed by atoms with Crippen LogP contribution >= 0.6 is 11.6 Å². The zero-order chi connectivity index (χ0) is 28.6. The molecule has 1 aliphatic carbocycles. The van der Waals surface area contributed by atoms with E-state index in [9.17, 15) is 35.1 Å². The summed E-state index contributed by atoms with van der Waals surface area (Å²) in [5.41, 5.74) is -3.00. The van der Waals surface area contributed by atoms with Crippen LogP contribution in [0.5, 0.6) is 0 Å². The summed E-state index contributed by atoms with van der Waals surface area (Å²) in [5.74, 6) is -2.75. The van der Waals surface area contributed by atoms with Crippen LogP contribution in [0.15, 0.2) is 30.3 Å². The summed E-state index contributed by atoms with van der Waals surface area (Å²) >= 11 is 6.21. The summed E-state index contributed by atoms with van der Waals surface area (Å²) < 4.78 is 112. The van der Waals surface area contributed by atoms with Gasteiger partial charge in [-0.05, 0) is 61.6 Å². The van der Waals surface area contributed by atoms with Gasteiger partial charge < -0.3 is 4.90 Å². The lowest BCUT2D eigenvalue weighted by Crippen LogP contribution is -2.47. The summed E-state index contributed by atoms with van der Waals surface area (Å²) in [7, 11) is 0. The monoisotopic (exact) mass is 591 g/mol. The maximum absolute atomic E-state index is 14.8. The summed E-state index contributed by atoms with van der Waals surface area (Å²) in [6, 6.07) is 6.58. The zero-order valence-electron chi connectivity index (χ0n) is 20.8. The fourth-order valence-corrected chi connectivity index (χ4v) is 6.11. The third-order valence-electron chi connectivity index (χ3n) is 8.14. The van der Waals surface area contributed by atoms with E-state index in [-0.39, 0.29) is 50.6 Å². The molecule has 0 radical (unpaired) electrons. The van der Waals surface area contributed by atoms with Gasteiger partial charge in [-0.25, -0.2) is 8.78 Å². The highest BCUT2D eigenvalue weighted by Crippen LogP contribution is 2.55. The maximum Gasteiger partial charge on any atom is 0.422 e. The summed E-state index contributed by atoms with van der Waals surface area (Å²) in [5, 5.41) is 8.97. The molecule has 0 bridgehead atoms. The largest absolute Gasteiger partial charge is 0.422 e. The van der Waals surface area contributed by atoms with Crippen molar-refractivity contribution < 1.29 is 35.1 Å². The molecule has 5 nitrogen and oxygen atoms in total. The van der Waals surface area contributed by atoms with Crippen LogP contribution in [0.4, 0.5) is 40.8 Å². The van der Waals surface area contributed by atoms with Gasteiger partial charge in [0.15, 0.2) is 11.6 Å². The van der Waals surface area contributed by atoms with Crippen LogP contribution < -0.4 is 4.90 Å². The van der Waals surface area contributed by atoms with E-state index in [1.807, 2.05) is 0 Å². The number of rotatable bonds is 3. The molecule has 3 heterocycles. The van der Waals surface area contributed by atoms with Crippen molar-refractivity contribution in [2.75, 3.05) is 18.0 Å². The molecule has 0 amide bonds. The second-order valence-electron chi connectivity index (χ2n) is 10.5. The minimum Gasteiger partial charge on any atom is -0.369 e. The molecule has 0 spiro atoms. The summed E-state index contributed by atoms with van der Waals surface area (Å²) in [6.45, 7) is 0.244. The van der Waals surface area contributed by atoms with Crippen molar-refractivity contribution in [1.82, 2.24) is 19.7 Å². The third-order valence-corrected chi connectivity index (χ3v) is 8.38. The Kier molecular flexibility index (Phi) is 6.34. The number of alkyl halides is 6. The van der Waals surface area contributed by atoms with Crippen molar-refractivity contribution in [3.63, 3.8) is 0 Å². The Morgan fingerprint density at radius 3 is 2.17 bits per heavy atom. The number of piperidine rings is 1. The topological polar surface area (TPSA) is 37.2 Å². The molecule has 3 aliphatic rings. The first-order chi connectivity index (χ1) is 18.8. The summed E-state index contributed by atoms with van der Waals surface area (Å²) in [4.78, 5) is 2.80. The van der Waals surface area contributed by atoms with Gasteiger partial charge in [0.2, 0.25) is 0 Å². The second-order valence-corrected chi connectivity index (χ2v) is 10.9. The van der Waals surface area contributed by atoms with Crippen molar-refractivity contribution in [2.45, 2.75) is 62.6 Å². The van der Waals surface area contributed by atoms with Gasteiger partial charge in [-0.2, -0.15) is 26.3 Å². The first-order valence-corrected chi connectivity index (χ1v) is 13.0. The van der Waals surface area contributed by atoms with E-state index in [1.54, 1.807) is 22.8 Å². The number of hydrogen-bond donors (Lipinski definition) is 0. The van der Waals surface area contributed by atoms with Crippen molar-refractivity contribution in [1.29, 1.82) is 0 Å². The van der Waals surface area contributed by atoms with E-state index in [0.29, 0.717) is 46.8 Å². The lowest BCUT2D eigenvalue weighted by atomic mass is 9.95. The molecule has 2 fully saturated rings. The highest BCUT2D eigenvalue weighted by Gasteiger charge is 2.66. The standard InChI is InChI=1S/C26H22ClF8N5/c27-16-1-3-18-15(11-16)12-39(24(7-8-24)26(33,34)35)13-20-36-37-23(40(18)20)14-5-9-38(10-6-14)19-4-2-17(28)21(22(19)29)25(30,31)32/h1-4,11,14H,5-10,12-13H2. The van der Waals surface area contributed by atoms with Gasteiger partial charge in [0.05, 0.1) is 17.9 Å². The number of fused-ring (bicyclic) bond motifs is 3. The number of nitrogens with zero attached hydrogens (tertiary/aromatic N) is 5. The minimum atomic E-state index is -5.18. The second kappa shape index (κ2) is 9.30. The Hall–Kier alpha value is -2.93. The highest BCUT2D eigenvalue weighted by molar-refractivity contribution is 6.30. The Labute approximate surface area is 228 Å². The van der Waals surface area contributed by atoms with Crippen molar-refractivity contribution in [3.05, 3.63) is 69.8 Å². The van der Waals surface area contributed by atoms with Gasteiger partial charge in [0.1, 0.15) is 22.7 Å². The zero-order valence-corrected chi connectivity index (χ0v) is 21.5. The highest BCUT2D eigenvalue weighted by atomic mass is 35.5. The molecule has 0 N–H and O–H groups in total. The predicted molar refractivity (Wildman–Crippen MR) is 129 cm³/mol. The number of halogens is 9. The maximum atomic E-state index is 14.8. The molecule has 1 saturated carbocycles. The quantitative estimate of drug-likeness (QED) is 0.307. The molecule has 40 heavy (non-hydrogen) atoms. The van der Waals surface area contributed by atoms with E-state index in [4.69, 9.17) is 11.6 Å². The molecule has 3 aromatic rings.